The molecule has 90 valence electrons. The first-order valence-corrected chi connectivity index (χ1v) is 6.60. The lowest BCUT2D eigenvalue weighted by Crippen LogP contribution is -2.38. The van der Waals surface area contributed by atoms with Crippen molar-refractivity contribution >= 4 is 21.8 Å². The van der Waals surface area contributed by atoms with Crippen LogP contribution in [0.3, 0.4) is 0 Å². The molecule has 1 aromatic rings. The Bertz CT molecular complexity index is 347. The summed E-state index contributed by atoms with van der Waals surface area (Å²) < 4.78 is 5.28. The maximum atomic E-state index is 11.8. The molecule has 4 heteroatoms. The fourth-order valence-corrected chi connectivity index (χ4v) is 1.98. The Kier molecular flexibility index (Phi) is 5.06. The fourth-order valence-electron chi connectivity index (χ4n) is 1.49. The lowest BCUT2D eigenvalue weighted by atomic mass is 10.0. The first kappa shape index (κ1) is 13.3. The SMILES string of the molecule is Cc1ccc(C(=O)NC(CCBr)C(C)C)o1. The van der Waals surface area contributed by atoms with Gasteiger partial charge in [-0.15, -0.1) is 0 Å². The normalized spacial score (nSPS) is 12.8. The number of carbonyl (C=O) groups excluding carboxylic acids is 1. The van der Waals surface area contributed by atoms with Gasteiger partial charge in [0.2, 0.25) is 0 Å². The first-order valence-electron chi connectivity index (χ1n) is 5.48. The van der Waals surface area contributed by atoms with Crippen LogP contribution < -0.4 is 5.32 Å². The number of hydrogen-bond acceptors (Lipinski definition) is 2. The number of furan rings is 1. The molecule has 0 aromatic carbocycles. The van der Waals surface area contributed by atoms with Crippen molar-refractivity contribution in [2.75, 3.05) is 5.33 Å². The van der Waals surface area contributed by atoms with Crippen molar-refractivity contribution < 1.29 is 9.21 Å². The van der Waals surface area contributed by atoms with E-state index < -0.39 is 0 Å². The number of nitrogens with one attached hydrogen (secondary N) is 1. The van der Waals surface area contributed by atoms with Crippen LogP contribution in [-0.2, 0) is 0 Å². The standard InChI is InChI=1S/C12H18BrNO2/c1-8(2)10(6-7-13)14-12(15)11-5-4-9(3)16-11/h4-5,8,10H,6-7H2,1-3H3,(H,14,15). The van der Waals surface area contributed by atoms with E-state index in [2.05, 4.69) is 35.1 Å². The molecule has 0 saturated heterocycles. The van der Waals surface area contributed by atoms with Gasteiger partial charge in [-0.2, -0.15) is 0 Å². The Labute approximate surface area is 105 Å². The van der Waals surface area contributed by atoms with Crippen LogP contribution in [0.5, 0.6) is 0 Å². The van der Waals surface area contributed by atoms with Gasteiger partial charge in [-0.3, -0.25) is 4.79 Å². The van der Waals surface area contributed by atoms with E-state index >= 15 is 0 Å². The number of hydrogen-bond donors (Lipinski definition) is 1. The van der Waals surface area contributed by atoms with Crippen LogP contribution in [0.1, 0.15) is 36.6 Å². The second-order valence-corrected chi connectivity index (χ2v) is 5.00. The summed E-state index contributed by atoms with van der Waals surface area (Å²) in [7, 11) is 0. The van der Waals surface area contributed by atoms with Crippen molar-refractivity contribution in [3.63, 3.8) is 0 Å². The quantitative estimate of drug-likeness (QED) is 0.846. The molecule has 1 atom stereocenters. The average Bonchev–Trinajstić information content (AvgIpc) is 2.64. The van der Waals surface area contributed by atoms with Gasteiger partial charge in [-0.05, 0) is 31.4 Å². The van der Waals surface area contributed by atoms with Gasteiger partial charge in [0.15, 0.2) is 5.76 Å². The van der Waals surface area contributed by atoms with Gasteiger partial charge in [0.1, 0.15) is 5.76 Å². The number of aryl methyl sites for hydroxylation is 1. The third-order valence-corrected chi connectivity index (χ3v) is 2.96. The van der Waals surface area contributed by atoms with Gasteiger partial charge >= 0.3 is 0 Å². The van der Waals surface area contributed by atoms with E-state index in [0.29, 0.717) is 11.7 Å². The lowest BCUT2D eigenvalue weighted by Gasteiger charge is -2.20. The zero-order valence-corrected chi connectivity index (χ0v) is 11.5. The molecule has 1 unspecified atom stereocenters. The highest BCUT2D eigenvalue weighted by Crippen LogP contribution is 2.11. The van der Waals surface area contributed by atoms with E-state index in [1.54, 1.807) is 12.1 Å². The van der Waals surface area contributed by atoms with Gasteiger partial charge in [0.25, 0.3) is 5.91 Å². The molecule has 1 N–H and O–H groups in total. The van der Waals surface area contributed by atoms with E-state index in [0.717, 1.165) is 17.5 Å². The van der Waals surface area contributed by atoms with Crippen LogP contribution in [0.2, 0.25) is 0 Å². The predicted molar refractivity (Wildman–Crippen MR) is 67.9 cm³/mol. The monoisotopic (exact) mass is 287 g/mol. The van der Waals surface area contributed by atoms with Crippen LogP contribution in [0, 0.1) is 12.8 Å². The van der Waals surface area contributed by atoms with Gasteiger partial charge in [-0.25, -0.2) is 0 Å². The molecule has 0 aliphatic heterocycles. The summed E-state index contributed by atoms with van der Waals surface area (Å²) in [5.74, 6) is 1.43. The van der Waals surface area contributed by atoms with Gasteiger partial charge in [-0.1, -0.05) is 29.8 Å². The van der Waals surface area contributed by atoms with Crippen molar-refractivity contribution in [2.24, 2.45) is 5.92 Å². The van der Waals surface area contributed by atoms with Gasteiger partial charge < -0.3 is 9.73 Å². The van der Waals surface area contributed by atoms with Gasteiger partial charge in [0.05, 0.1) is 0 Å². The molecule has 0 bridgehead atoms. The van der Waals surface area contributed by atoms with Crippen LogP contribution in [0.15, 0.2) is 16.5 Å². The maximum Gasteiger partial charge on any atom is 0.287 e. The summed E-state index contributed by atoms with van der Waals surface area (Å²) in [6, 6.07) is 3.68. The Balaban J connectivity index is 2.61. The third-order valence-electron chi connectivity index (χ3n) is 2.51. The molecule has 3 nitrogen and oxygen atoms in total. The van der Waals surface area contributed by atoms with E-state index in [1.165, 1.54) is 0 Å². The van der Waals surface area contributed by atoms with Crippen molar-refractivity contribution in [3.8, 4) is 0 Å². The minimum Gasteiger partial charge on any atom is -0.456 e. The molecule has 0 saturated carbocycles. The fraction of sp³-hybridized carbons (Fsp3) is 0.583. The third kappa shape index (κ3) is 3.67. The minimum atomic E-state index is -0.132. The van der Waals surface area contributed by atoms with E-state index in [-0.39, 0.29) is 11.9 Å². The molecule has 16 heavy (non-hydrogen) atoms. The molecule has 1 rings (SSSR count). The number of rotatable bonds is 5. The Morgan fingerprint density at radius 1 is 1.50 bits per heavy atom. The molecular formula is C12H18BrNO2. The number of halogens is 1. The smallest absolute Gasteiger partial charge is 0.287 e. The number of carbonyl (C=O) groups is 1. The van der Waals surface area contributed by atoms with Crippen molar-refractivity contribution in [3.05, 3.63) is 23.7 Å². The minimum absolute atomic E-state index is 0.132. The summed E-state index contributed by atoms with van der Waals surface area (Å²) in [6.45, 7) is 6.02. The maximum absolute atomic E-state index is 11.8. The average molecular weight is 288 g/mol. The zero-order valence-electron chi connectivity index (χ0n) is 9.92. The molecule has 0 aliphatic rings. The molecule has 0 radical (unpaired) electrons. The van der Waals surface area contributed by atoms with Crippen molar-refractivity contribution in [1.82, 2.24) is 5.32 Å². The summed E-state index contributed by atoms with van der Waals surface area (Å²) in [5.41, 5.74) is 0. The Morgan fingerprint density at radius 3 is 2.62 bits per heavy atom. The molecule has 1 amide bonds. The summed E-state index contributed by atoms with van der Waals surface area (Å²) in [6.07, 6.45) is 0.920. The lowest BCUT2D eigenvalue weighted by molar-refractivity contribution is 0.0895. The number of alkyl halides is 1. The molecule has 1 aromatic heterocycles. The van der Waals surface area contributed by atoms with Crippen LogP contribution >= 0.6 is 15.9 Å². The molecular weight excluding hydrogens is 270 g/mol. The molecule has 0 fully saturated rings. The van der Waals surface area contributed by atoms with Crippen LogP contribution in [0.25, 0.3) is 0 Å². The first-order chi connectivity index (χ1) is 7.54. The van der Waals surface area contributed by atoms with Crippen LogP contribution in [0.4, 0.5) is 0 Å². The second kappa shape index (κ2) is 6.09. The zero-order chi connectivity index (χ0) is 12.1. The van der Waals surface area contributed by atoms with Gasteiger partial charge in [0, 0.05) is 11.4 Å². The van der Waals surface area contributed by atoms with E-state index in [1.807, 2.05) is 6.92 Å². The highest BCUT2D eigenvalue weighted by atomic mass is 79.9. The van der Waals surface area contributed by atoms with E-state index in [9.17, 15) is 4.79 Å². The topological polar surface area (TPSA) is 42.2 Å². The highest BCUT2D eigenvalue weighted by Gasteiger charge is 2.18. The highest BCUT2D eigenvalue weighted by molar-refractivity contribution is 9.09. The second-order valence-electron chi connectivity index (χ2n) is 4.21. The largest absolute Gasteiger partial charge is 0.456 e. The molecule has 1 heterocycles. The van der Waals surface area contributed by atoms with E-state index in [4.69, 9.17) is 4.42 Å². The predicted octanol–water partition coefficient (Wildman–Crippen LogP) is 3.13. The Hall–Kier alpha value is -0.770. The number of amides is 1. The summed E-state index contributed by atoms with van der Waals surface area (Å²) >= 11 is 3.39. The summed E-state index contributed by atoms with van der Waals surface area (Å²) in [5, 5.41) is 3.87. The van der Waals surface area contributed by atoms with Crippen LogP contribution in [-0.4, -0.2) is 17.3 Å². The Morgan fingerprint density at radius 2 is 2.19 bits per heavy atom. The van der Waals surface area contributed by atoms with Crippen molar-refractivity contribution in [1.29, 1.82) is 0 Å². The summed E-state index contributed by atoms with van der Waals surface area (Å²) in [4.78, 5) is 11.8. The molecule has 0 spiro atoms. The van der Waals surface area contributed by atoms with Crippen molar-refractivity contribution in [2.45, 2.75) is 33.2 Å². The molecule has 0 aliphatic carbocycles.